The molecule has 5 heteroatoms. The Kier molecular flexibility index (Phi) is 7.62. The normalized spacial score (nSPS) is 17.1. The summed E-state index contributed by atoms with van der Waals surface area (Å²) in [7, 11) is 3.63. The van der Waals surface area contributed by atoms with E-state index in [9.17, 15) is 9.90 Å². The number of hydrogen-bond acceptors (Lipinski definition) is 4. The first-order chi connectivity index (χ1) is 12.2. The van der Waals surface area contributed by atoms with Crippen molar-refractivity contribution in [3.05, 3.63) is 35.4 Å². The molecule has 0 atom stereocenters. The van der Waals surface area contributed by atoms with E-state index in [0.717, 1.165) is 52.0 Å². The van der Waals surface area contributed by atoms with Crippen LogP contribution in [0, 0.1) is 0 Å². The second kappa shape index (κ2) is 9.49. The highest BCUT2D eigenvalue weighted by atomic mass is 16.3. The number of amides is 1. The summed E-state index contributed by atoms with van der Waals surface area (Å²) in [6, 6.07) is 8.78. The molecule has 0 aromatic heterocycles. The zero-order chi connectivity index (χ0) is 19.2. The smallest absolute Gasteiger partial charge is 0.236 e. The molecule has 1 aliphatic rings. The lowest BCUT2D eigenvalue weighted by atomic mass is 9.98. The van der Waals surface area contributed by atoms with Crippen LogP contribution in [0.3, 0.4) is 0 Å². The van der Waals surface area contributed by atoms with E-state index in [-0.39, 0.29) is 5.91 Å². The third-order valence-corrected chi connectivity index (χ3v) is 4.99. The summed E-state index contributed by atoms with van der Waals surface area (Å²) in [6.07, 6.45) is 2.78. The summed E-state index contributed by atoms with van der Waals surface area (Å²) in [5, 5.41) is 9.85. The summed E-state index contributed by atoms with van der Waals surface area (Å²) < 4.78 is 0. The maximum absolute atomic E-state index is 11.9. The van der Waals surface area contributed by atoms with Crippen LogP contribution in [-0.4, -0.2) is 78.1 Å². The molecule has 5 nitrogen and oxygen atoms in total. The number of carbonyl (C=O) groups excluding carboxylic acids is 1. The molecule has 0 bridgehead atoms. The molecule has 1 aromatic carbocycles. The fraction of sp³-hybridized carbons (Fsp3) is 0.667. The molecule has 0 unspecified atom stereocenters. The van der Waals surface area contributed by atoms with Gasteiger partial charge < -0.3 is 10.0 Å². The van der Waals surface area contributed by atoms with E-state index in [1.807, 2.05) is 27.9 Å². The maximum Gasteiger partial charge on any atom is 0.236 e. The van der Waals surface area contributed by atoms with E-state index in [1.54, 1.807) is 4.90 Å². The molecule has 0 saturated carbocycles. The van der Waals surface area contributed by atoms with Gasteiger partial charge in [-0.05, 0) is 57.3 Å². The first-order valence-electron chi connectivity index (χ1n) is 9.68. The topological polar surface area (TPSA) is 47.0 Å². The van der Waals surface area contributed by atoms with Gasteiger partial charge in [0.1, 0.15) is 0 Å². The third-order valence-electron chi connectivity index (χ3n) is 4.99. The van der Waals surface area contributed by atoms with Crippen molar-refractivity contribution in [2.24, 2.45) is 0 Å². The van der Waals surface area contributed by atoms with E-state index < -0.39 is 5.60 Å². The van der Waals surface area contributed by atoms with Gasteiger partial charge in [0.25, 0.3) is 0 Å². The Labute approximate surface area is 158 Å². The van der Waals surface area contributed by atoms with Crippen molar-refractivity contribution >= 4 is 5.91 Å². The SMILES string of the molecule is CN(C)C(=O)CN1CCCN(Cc2ccc(CCC(C)(C)O)cc2)CC1. The predicted octanol–water partition coefficient (Wildman–Crippen LogP) is 1.99. The number of rotatable bonds is 7. The first kappa shape index (κ1) is 20.9. The lowest BCUT2D eigenvalue weighted by Crippen LogP contribution is -2.38. The van der Waals surface area contributed by atoms with Crippen LogP contribution in [0.1, 0.15) is 37.8 Å². The van der Waals surface area contributed by atoms with Gasteiger partial charge in [-0.2, -0.15) is 0 Å². The Hall–Kier alpha value is -1.43. The molecule has 0 radical (unpaired) electrons. The molecule has 1 N–H and O–H groups in total. The number of nitrogens with zero attached hydrogens (tertiary/aromatic N) is 3. The zero-order valence-electron chi connectivity index (χ0n) is 16.9. The van der Waals surface area contributed by atoms with Crippen LogP contribution in [0.5, 0.6) is 0 Å². The average Bonchev–Trinajstić information content (AvgIpc) is 2.79. The monoisotopic (exact) mass is 361 g/mol. The summed E-state index contributed by atoms with van der Waals surface area (Å²) in [4.78, 5) is 18.3. The van der Waals surface area contributed by atoms with Crippen molar-refractivity contribution in [2.45, 2.75) is 45.3 Å². The van der Waals surface area contributed by atoms with Gasteiger partial charge in [0.2, 0.25) is 5.91 Å². The summed E-state index contributed by atoms with van der Waals surface area (Å²) in [5.41, 5.74) is 2.00. The average molecular weight is 362 g/mol. The van der Waals surface area contributed by atoms with Gasteiger partial charge in [-0.25, -0.2) is 0 Å². The highest BCUT2D eigenvalue weighted by Gasteiger charge is 2.18. The van der Waals surface area contributed by atoms with Crippen LogP contribution in [0.2, 0.25) is 0 Å². The first-order valence-corrected chi connectivity index (χ1v) is 9.68. The highest BCUT2D eigenvalue weighted by molar-refractivity contribution is 5.77. The maximum atomic E-state index is 11.9. The van der Waals surface area contributed by atoms with E-state index >= 15 is 0 Å². The van der Waals surface area contributed by atoms with Crippen LogP contribution >= 0.6 is 0 Å². The Bertz CT molecular complexity index is 564. The predicted molar refractivity (Wildman–Crippen MR) is 106 cm³/mol. The van der Waals surface area contributed by atoms with Crippen LogP contribution in [0.25, 0.3) is 0 Å². The zero-order valence-corrected chi connectivity index (χ0v) is 16.9. The van der Waals surface area contributed by atoms with E-state index in [0.29, 0.717) is 6.54 Å². The van der Waals surface area contributed by atoms with Crippen LogP contribution in [0.4, 0.5) is 0 Å². The summed E-state index contributed by atoms with van der Waals surface area (Å²) in [6.45, 7) is 9.22. The molecular weight excluding hydrogens is 326 g/mol. The lowest BCUT2D eigenvalue weighted by molar-refractivity contribution is -0.129. The van der Waals surface area contributed by atoms with Crippen molar-refractivity contribution in [1.82, 2.24) is 14.7 Å². The second-order valence-corrected chi connectivity index (χ2v) is 8.32. The number of likely N-dealkylation sites (N-methyl/N-ethyl adjacent to an activating group) is 1. The molecule has 0 spiro atoms. The molecule has 1 aliphatic heterocycles. The fourth-order valence-electron chi connectivity index (χ4n) is 3.19. The Morgan fingerprint density at radius 1 is 1.04 bits per heavy atom. The largest absolute Gasteiger partial charge is 0.390 e. The molecule has 146 valence electrons. The summed E-state index contributed by atoms with van der Waals surface area (Å²) >= 11 is 0. The van der Waals surface area contributed by atoms with E-state index in [1.165, 1.54) is 11.1 Å². The molecule has 1 aromatic rings. The molecule has 1 amide bonds. The highest BCUT2D eigenvalue weighted by Crippen LogP contribution is 2.15. The van der Waals surface area contributed by atoms with Gasteiger partial charge in [0.15, 0.2) is 0 Å². The number of carbonyl (C=O) groups is 1. The lowest BCUT2D eigenvalue weighted by Gasteiger charge is -2.22. The number of aliphatic hydroxyl groups is 1. The molecule has 0 aliphatic carbocycles. The quantitative estimate of drug-likeness (QED) is 0.807. The van der Waals surface area contributed by atoms with Gasteiger partial charge in [0, 0.05) is 33.7 Å². The van der Waals surface area contributed by atoms with Gasteiger partial charge in [-0.3, -0.25) is 14.6 Å². The van der Waals surface area contributed by atoms with Gasteiger partial charge >= 0.3 is 0 Å². The minimum absolute atomic E-state index is 0.181. The molecule has 1 saturated heterocycles. The standard InChI is InChI=1S/C21H35N3O2/c1-21(2,26)11-10-18-6-8-19(9-7-18)16-23-12-5-13-24(15-14-23)17-20(25)22(3)4/h6-9,26H,5,10-17H2,1-4H3. The van der Waals surface area contributed by atoms with Crippen molar-refractivity contribution in [3.63, 3.8) is 0 Å². The minimum atomic E-state index is -0.607. The number of aryl methyl sites for hydroxylation is 1. The fourth-order valence-corrected chi connectivity index (χ4v) is 3.19. The van der Waals surface area contributed by atoms with Gasteiger partial charge in [-0.1, -0.05) is 24.3 Å². The van der Waals surface area contributed by atoms with Crippen LogP contribution in [0.15, 0.2) is 24.3 Å². The van der Waals surface area contributed by atoms with E-state index in [4.69, 9.17) is 0 Å². The Morgan fingerprint density at radius 3 is 2.23 bits per heavy atom. The molecule has 1 fully saturated rings. The number of hydrogen-bond donors (Lipinski definition) is 1. The van der Waals surface area contributed by atoms with Crippen LogP contribution in [-0.2, 0) is 17.8 Å². The Balaban J connectivity index is 1.80. The van der Waals surface area contributed by atoms with E-state index in [2.05, 4.69) is 34.1 Å². The van der Waals surface area contributed by atoms with Crippen molar-refractivity contribution < 1.29 is 9.90 Å². The van der Waals surface area contributed by atoms with Crippen molar-refractivity contribution in [3.8, 4) is 0 Å². The van der Waals surface area contributed by atoms with Crippen molar-refractivity contribution in [2.75, 3.05) is 46.8 Å². The minimum Gasteiger partial charge on any atom is -0.390 e. The molecule has 2 rings (SSSR count). The molecular formula is C21H35N3O2. The van der Waals surface area contributed by atoms with Crippen molar-refractivity contribution in [1.29, 1.82) is 0 Å². The third kappa shape index (κ3) is 7.44. The van der Waals surface area contributed by atoms with Gasteiger partial charge in [0.05, 0.1) is 12.1 Å². The second-order valence-electron chi connectivity index (χ2n) is 8.32. The summed E-state index contributed by atoms with van der Waals surface area (Å²) in [5.74, 6) is 0.181. The Morgan fingerprint density at radius 2 is 1.62 bits per heavy atom. The van der Waals surface area contributed by atoms with Crippen LogP contribution < -0.4 is 0 Å². The molecule has 26 heavy (non-hydrogen) atoms. The van der Waals surface area contributed by atoms with Gasteiger partial charge in [-0.15, -0.1) is 0 Å². The number of benzene rings is 1. The molecule has 1 heterocycles.